The Balaban J connectivity index is 3.41. The Labute approximate surface area is 60.8 Å². The van der Waals surface area contributed by atoms with E-state index in [4.69, 9.17) is 10.8 Å². The van der Waals surface area contributed by atoms with Gasteiger partial charge in [0.05, 0.1) is 6.61 Å². The summed E-state index contributed by atoms with van der Waals surface area (Å²) >= 11 is 1.71. The Kier molecular flexibility index (Phi) is 5.24. The number of hydrogen-bond acceptors (Lipinski definition) is 3. The van der Waals surface area contributed by atoms with Crippen molar-refractivity contribution in [3.8, 4) is 0 Å². The van der Waals surface area contributed by atoms with Crippen LogP contribution in [0, 0.1) is 0 Å². The van der Waals surface area contributed by atoms with Crippen LogP contribution in [-0.2, 0) is 0 Å². The van der Waals surface area contributed by atoms with Crippen molar-refractivity contribution in [3.05, 3.63) is 0 Å². The smallest absolute Gasteiger partial charge is 0.0564 e. The van der Waals surface area contributed by atoms with Crippen LogP contribution in [0.5, 0.6) is 0 Å². The van der Waals surface area contributed by atoms with Crippen LogP contribution in [0.1, 0.15) is 13.8 Å². The molecule has 0 heterocycles. The van der Waals surface area contributed by atoms with Crippen LogP contribution >= 0.6 is 11.8 Å². The molecule has 0 rings (SSSR count). The third kappa shape index (κ3) is 3.78. The molecule has 0 aliphatic carbocycles. The van der Waals surface area contributed by atoms with Crippen molar-refractivity contribution in [2.75, 3.05) is 12.4 Å². The normalized spacial score (nSPS) is 17.3. The number of thioether (sulfide) groups is 1. The average Bonchev–Trinajstić information content (AvgIpc) is 1.82. The van der Waals surface area contributed by atoms with Gasteiger partial charge in [0.25, 0.3) is 0 Å². The molecular formula is C6H15NOS. The molecule has 3 N–H and O–H groups in total. The lowest BCUT2D eigenvalue weighted by Crippen LogP contribution is -2.31. The van der Waals surface area contributed by atoms with E-state index >= 15 is 0 Å². The molecule has 0 fully saturated rings. The highest BCUT2D eigenvalue weighted by molar-refractivity contribution is 7.99. The van der Waals surface area contributed by atoms with Crippen molar-refractivity contribution < 1.29 is 5.11 Å². The summed E-state index contributed by atoms with van der Waals surface area (Å²) < 4.78 is 0. The third-order valence-corrected chi connectivity index (χ3v) is 2.49. The van der Waals surface area contributed by atoms with Gasteiger partial charge in [-0.2, -0.15) is 11.8 Å². The first kappa shape index (κ1) is 9.27. The lowest BCUT2D eigenvalue weighted by Gasteiger charge is -2.15. The molecule has 0 radical (unpaired) electrons. The van der Waals surface area contributed by atoms with Crippen LogP contribution in [-0.4, -0.2) is 28.8 Å². The van der Waals surface area contributed by atoms with Gasteiger partial charge >= 0.3 is 0 Å². The maximum atomic E-state index is 8.73. The van der Waals surface area contributed by atoms with Gasteiger partial charge in [0.1, 0.15) is 0 Å². The summed E-state index contributed by atoms with van der Waals surface area (Å²) in [6, 6.07) is 0.0972. The van der Waals surface area contributed by atoms with Crippen LogP contribution < -0.4 is 5.73 Å². The fourth-order valence-corrected chi connectivity index (χ4v) is 1.42. The van der Waals surface area contributed by atoms with E-state index in [0.717, 1.165) is 5.75 Å². The van der Waals surface area contributed by atoms with E-state index in [1.165, 1.54) is 0 Å². The van der Waals surface area contributed by atoms with E-state index in [2.05, 4.69) is 6.92 Å². The van der Waals surface area contributed by atoms with Gasteiger partial charge in [-0.05, 0) is 12.7 Å². The van der Waals surface area contributed by atoms with Crippen LogP contribution in [0.2, 0.25) is 0 Å². The van der Waals surface area contributed by atoms with Crippen molar-refractivity contribution in [2.45, 2.75) is 25.1 Å². The zero-order valence-electron chi connectivity index (χ0n) is 6.00. The predicted molar refractivity (Wildman–Crippen MR) is 42.7 cm³/mol. The second kappa shape index (κ2) is 5.09. The van der Waals surface area contributed by atoms with Crippen molar-refractivity contribution in [3.63, 3.8) is 0 Å². The molecule has 0 spiro atoms. The molecule has 2 unspecified atom stereocenters. The first-order valence-corrected chi connectivity index (χ1v) is 4.25. The molecule has 2 nitrogen and oxygen atoms in total. The minimum absolute atomic E-state index is 0.0972. The largest absolute Gasteiger partial charge is 0.395 e. The highest BCUT2D eigenvalue weighted by atomic mass is 32.2. The molecule has 3 heteroatoms. The molecule has 0 bridgehead atoms. The van der Waals surface area contributed by atoms with Crippen molar-refractivity contribution in [2.24, 2.45) is 5.73 Å². The standard InChI is InChI=1S/C6H15NOS/c1-3-9-6(4-8)5(2)7/h5-6,8H,3-4,7H2,1-2H3. The van der Waals surface area contributed by atoms with Gasteiger partial charge in [-0.15, -0.1) is 0 Å². The van der Waals surface area contributed by atoms with Gasteiger partial charge < -0.3 is 10.8 Å². The van der Waals surface area contributed by atoms with Crippen molar-refractivity contribution in [1.29, 1.82) is 0 Å². The fraction of sp³-hybridized carbons (Fsp3) is 1.00. The summed E-state index contributed by atoms with van der Waals surface area (Å²) in [4.78, 5) is 0. The van der Waals surface area contributed by atoms with E-state index in [1.807, 2.05) is 6.92 Å². The summed E-state index contributed by atoms with van der Waals surface area (Å²) in [5.74, 6) is 1.02. The monoisotopic (exact) mass is 149 g/mol. The summed E-state index contributed by atoms with van der Waals surface area (Å²) in [6.07, 6.45) is 0. The molecule has 56 valence electrons. The second-order valence-electron chi connectivity index (χ2n) is 2.04. The molecule has 0 aromatic heterocycles. The minimum Gasteiger partial charge on any atom is -0.395 e. The van der Waals surface area contributed by atoms with Crippen LogP contribution in [0.4, 0.5) is 0 Å². The summed E-state index contributed by atoms with van der Waals surface area (Å²) in [7, 11) is 0. The lowest BCUT2D eigenvalue weighted by molar-refractivity contribution is 0.285. The summed E-state index contributed by atoms with van der Waals surface area (Å²) in [5, 5.41) is 8.94. The molecule has 0 saturated carbocycles. The maximum Gasteiger partial charge on any atom is 0.0564 e. The molecule has 2 atom stereocenters. The van der Waals surface area contributed by atoms with Gasteiger partial charge in [0, 0.05) is 11.3 Å². The molecule has 0 aromatic rings. The number of aliphatic hydroxyl groups excluding tert-OH is 1. The molecular weight excluding hydrogens is 134 g/mol. The minimum atomic E-state index is 0.0972. The summed E-state index contributed by atoms with van der Waals surface area (Å²) in [5.41, 5.74) is 5.55. The Bertz CT molecular complexity index is 68.1. The van der Waals surface area contributed by atoms with Crippen molar-refractivity contribution >= 4 is 11.8 Å². The van der Waals surface area contributed by atoms with Crippen LogP contribution in [0.3, 0.4) is 0 Å². The number of nitrogens with two attached hydrogens (primary N) is 1. The Hall–Kier alpha value is 0.270. The van der Waals surface area contributed by atoms with E-state index in [1.54, 1.807) is 11.8 Å². The van der Waals surface area contributed by atoms with E-state index in [-0.39, 0.29) is 17.9 Å². The number of rotatable bonds is 4. The fourth-order valence-electron chi connectivity index (χ4n) is 0.585. The first-order chi connectivity index (χ1) is 4.22. The molecule has 0 aliphatic rings. The van der Waals surface area contributed by atoms with Gasteiger partial charge in [-0.3, -0.25) is 0 Å². The number of hydrogen-bond donors (Lipinski definition) is 2. The quantitative estimate of drug-likeness (QED) is 0.610. The van der Waals surface area contributed by atoms with E-state index in [0.29, 0.717) is 0 Å². The molecule has 0 aliphatic heterocycles. The zero-order valence-corrected chi connectivity index (χ0v) is 6.82. The second-order valence-corrected chi connectivity index (χ2v) is 3.55. The zero-order chi connectivity index (χ0) is 7.28. The third-order valence-electron chi connectivity index (χ3n) is 1.15. The Morgan fingerprint density at radius 3 is 2.33 bits per heavy atom. The highest BCUT2D eigenvalue weighted by Gasteiger charge is 2.10. The van der Waals surface area contributed by atoms with Gasteiger partial charge in [0.15, 0.2) is 0 Å². The average molecular weight is 149 g/mol. The Morgan fingerprint density at radius 1 is 1.67 bits per heavy atom. The molecule has 0 saturated heterocycles. The van der Waals surface area contributed by atoms with Crippen LogP contribution in [0.25, 0.3) is 0 Å². The van der Waals surface area contributed by atoms with Gasteiger partial charge in [-0.25, -0.2) is 0 Å². The highest BCUT2D eigenvalue weighted by Crippen LogP contribution is 2.11. The maximum absolute atomic E-state index is 8.73. The SMILES string of the molecule is CCSC(CO)C(C)N. The topological polar surface area (TPSA) is 46.2 Å². The van der Waals surface area contributed by atoms with E-state index in [9.17, 15) is 0 Å². The van der Waals surface area contributed by atoms with Crippen LogP contribution in [0.15, 0.2) is 0 Å². The van der Waals surface area contributed by atoms with Gasteiger partial charge in [-0.1, -0.05) is 6.92 Å². The summed E-state index contributed by atoms with van der Waals surface area (Å²) in [6.45, 7) is 4.18. The first-order valence-electron chi connectivity index (χ1n) is 3.20. The van der Waals surface area contributed by atoms with Gasteiger partial charge in [0.2, 0.25) is 0 Å². The Morgan fingerprint density at radius 2 is 2.22 bits per heavy atom. The molecule has 9 heavy (non-hydrogen) atoms. The number of aliphatic hydroxyl groups is 1. The van der Waals surface area contributed by atoms with E-state index < -0.39 is 0 Å². The van der Waals surface area contributed by atoms with Crippen molar-refractivity contribution in [1.82, 2.24) is 0 Å². The molecule has 0 amide bonds. The molecule has 0 aromatic carbocycles. The predicted octanol–water partition coefficient (Wildman–Crippen LogP) is 0.448. The lowest BCUT2D eigenvalue weighted by atomic mass is 10.3.